The lowest BCUT2D eigenvalue weighted by atomic mass is 10.0. The first kappa shape index (κ1) is 11.1. The zero-order valence-electron chi connectivity index (χ0n) is 7.77. The third-order valence-corrected chi connectivity index (χ3v) is 2.17. The number of hydrogen-bond acceptors (Lipinski definition) is 1. The van der Waals surface area contributed by atoms with Gasteiger partial charge in [0.1, 0.15) is 10.8 Å². The van der Waals surface area contributed by atoms with E-state index >= 15 is 0 Å². The zero-order valence-corrected chi connectivity index (χ0v) is 8.53. The lowest BCUT2D eigenvalue weighted by Crippen LogP contribution is -2.10. The van der Waals surface area contributed by atoms with Crippen LogP contribution in [-0.4, -0.2) is 5.78 Å². The Bertz CT molecular complexity index is 375. The van der Waals surface area contributed by atoms with Crippen LogP contribution >= 0.6 is 11.6 Å². The van der Waals surface area contributed by atoms with Gasteiger partial charge >= 0.3 is 0 Å². The van der Waals surface area contributed by atoms with Gasteiger partial charge in [-0.3, -0.25) is 4.79 Å². The van der Waals surface area contributed by atoms with Crippen molar-refractivity contribution in [2.24, 2.45) is 5.92 Å². The summed E-state index contributed by atoms with van der Waals surface area (Å²) in [6.07, 6.45) is 0. The summed E-state index contributed by atoms with van der Waals surface area (Å²) >= 11 is 5.33. The first-order valence-corrected chi connectivity index (χ1v) is 4.50. The molecule has 0 aliphatic rings. The van der Waals surface area contributed by atoms with Crippen LogP contribution in [0.4, 0.5) is 8.78 Å². The van der Waals surface area contributed by atoms with Gasteiger partial charge in [-0.05, 0) is 12.1 Å². The van der Waals surface area contributed by atoms with Gasteiger partial charge in [-0.15, -0.1) is 0 Å². The summed E-state index contributed by atoms with van der Waals surface area (Å²) in [5.41, 5.74) is -0.161. The molecule has 14 heavy (non-hydrogen) atoms. The highest BCUT2D eigenvalue weighted by molar-refractivity contribution is 6.31. The molecule has 76 valence electrons. The zero-order chi connectivity index (χ0) is 10.9. The van der Waals surface area contributed by atoms with E-state index in [1.807, 2.05) is 0 Å². The summed E-state index contributed by atoms with van der Waals surface area (Å²) in [5.74, 6) is -2.56. The largest absolute Gasteiger partial charge is 0.294 e. The predicted molar refractivity (Wildman–Crippen MR) is 50.5 cm³/mol. The van der Waals surface area contributed by atoms with Crippen molar-refractivity contribution in [2.75, 3.05) is 0 Å². The molecule has 0 unspecified atom stereocenters. The Hall–Kier alpha value is -0.960. The SMILES string of the molecule is CC(C)C(=O)c1ccc(F)c(Cl)c1F. The van der Waals surface area contributed by atoms with Crippen molar-refractivity contribution in [3.05, 3.63) is 34.4 Å². The molecule has 4 heteroatoms. The minimum absolute atomic E-state index is 0.161. The van der Waals surface area contributed by atoms with Crippen LogP contribution in [0.1, 0.15) is 24.2 Å². The smallest absolute Gasteiger partial charge is 0.168 e. The molecule has 1 rings (SSSR count). The van der Waals surface area contributed by atoms with E-state index in [-0.39, 0.29) is 17.3 Å². The lowest BCUT2D eigenvalue weighted by Gasteiger charge is -2.06. The molecule has 0 N–H and O–H groups in total. The molecule has 0 amide bonds. The maximum atomic E-state index is 13.3. The van der Waals surface area contributed by atoms with Gasteiger partial charge in [-0.1, -0.05) is 25.4 Å². The average molecular weight is 219 g/mol. The second kappa shape index (κ2) is 4.05. The van der Waals surface area contributed by atoms with Gasteiger partial charge in [0.15, 0.2) is 11.6 Å². The van der Waals surface area contributed by atoms with E-state index < -0.39 is 16.7 Å². The molecule has 0 heterocycles. The summed E-state index contributed by atoms with van der Waals surface area (Å²) in [4.78, 5) is 11.4. The summed E-state index contributed by atoms with van der Waals surface area (Å²) in [6.45, 7) is 3.28. The Balaban J connectivity index is 3.24. The molecular weight excluding hydrogens is 210 g/mol. The third-order valence-electron chi connectivity index (χ3n) is 1.83. The molecule has 0 aliphatic carbocycles. The number of hydrogen-bond donors (Lipinski definition) is 0. The molecule has 0 fully saturated rings. The highest BCUT2D eigenvalue weighted by atomic mass is 35.5. The van der Waals surface area contributed by atoms with Crippen LogP contribution in [0.2, 0.25) is 5.02 Å². The minimum atomic E-state index is -0.981. The number of ketones is 1. The number of Topliss-reactive ketones (excluding diaryl/α,β-unsaturated/α-hetero) is 1. The second-order valence-electron chi connectivity index (χ2n) is 3.24. The van der Waals surface area contributed by atoms with Crippen molar-refractivity contribution in [2.45, 2.75) is 13.8 Å². The first-order valence-electron chi connectivity index (χ1n) is 4.13. The molecule has 0 saturated heterocycles. The van der Waals surface area contributed by atoms with Gasteiger partial charge in [-0.2, -0.15) is 0 Å². The highest BCUT2D eigenvalue weighted by Crippen LogP contribution is 2.23. The quantitative estimate of drug-likeness (QED) is 0.549. The molecule has 0 spiro atoms. The maximum Gasteiger partial charge on any atom is 0.168 e. The summed E-state index contributed by atoms with van der Waals surface area (Å²) in [6, 6.07) is 2.10. The second-order valence-corrected chi connectivity index (χ2v) is 3.62. The van der Waals surface area contributed by atoms with Crippen LogP contribution in [0.5, 0.6) is 0 Å². The summed E-state index contributed by atoms with van der Waals surface area (Å²) < 4.78 is 26.0. The average Bonchev–Trinajstić information content (AvgIpc) is 2.13. The fraction of sp³-hybridized carbons (Fsp3) is 0.300. The van der Waals surface area contributed by atoms with E-state index in [9.17, 15) is 13.6 Å². The fourth-order valence-corrected chi connectivity index (χ4v) is 1.19. The molecule has 0 aromatic heterocycles. The van der Waals surface area contributed by atoms with Crippen LogP contribution < -0.4 is 0 Å². The monoisotopic (exact) mass is 218 g/mol. The molecule has 1 aromatic carbocycles. The van der Waals surface area contributed by atoms with E-state index in [2.05, 4.69) is 0 Å². The van der Waals surface area contributed by atoms with E-state index in [1.165, 1.54) is 0 Å². The van der Waals surface area contributed by atoms with Gasteiger partial charge < -0.3 is 0 Å². The maximum absolute atomic E-state index is 13.3. The van der Waals surface area contributed by atoms with Crippen molar-refractivity contribution < 1.29 is 13.6 Å². The number of carbonyl (C=O) groups is 1. The van der Waals surface area contributed by atoms with E-state index in [4.69, 9.17) is 11.6 Å². The van der Waals surface area contributed by atoms with Gasteiger partial charge in [-0.25, -0.2) is 8.78 Å². The van der Waals surface area contributed by atoms with E-state index in [1.54, 1.807) is 13.8 Å². The van der Waals surface area contributed by atoms with E-state index in [0.29, 0.717) is 0 Å². The highest BCUT2D eigenvalue weighted by Gasteiger charge is 2.19. The van der Waals surface area contributed by atoms with Crippen LogP contribution in [0.15, 0.2) is 12.1 Å². The molecule has 0 radical (unpaired) electrons. The number of rotatable bonds is 2. The lowest BCUT2D eigenvalue weighted by molar-refractivity contribution is 0.0935. The molecule has 0 atom stereocenters. The molecule has 0 bridgehead atoms. The van der Waals surface area contributed by atoms with Crippen LogP contribution in [0, 0.1) is 17.6 Å². The molecular formula is C10H9ClF2O. The molecule has 1 nitrogen and oxygen atoms in total. The minimum Gasteiger partial charge on any atom is -0.294 e. The van der Waals surface area contributed by atoms with Crippen molar-refractivity contribution in [1.82, 2.24) is 0 Å². The standard InChI is InChI=1S/C10H9ClF2O/c1-5(2)10(14)6-3-4-7(12)8(11)9(6)13/h3-5H,1-2H3. The Morgan fingerprint density at radius 1 is 1.36 bits per heavy atom. The van der Waals surface area contributed by atoms with Gasteiger partial charge in [0.2, 0.25) is 0 Å². The summed E-state index contributed by atoms with van der Waals surface area (Å²) in [5, 5.41) is -0.628. The number of carbonyl (C=O) groups excluding carboxylic acids is 1. The Morgan fingerprint density at radius 3 is 2.43 bits per heavy atom. The molecule has 0 aliphatic heterocycles. The van der Waals surface area contributed by atoms with Crippen molar-refractivity contribution >= 4 is 17.4 Å². The first-order chi connectivity index (χ1) is 6.45. The Labute approximate surface area is 85.7 Å². The number of halogens is 3. The fourth-order valence-electron chi connectivity index (χ4n) is 1.03. The van der Waals surface area contributed by atoms with Crippen molar-refractivity contribution in [3.8, 4) is 0 Å². The van der Waals surface area contributed by atoms with Gasteiger partial charge in [0.05, 0.1) is 5.56 Å². The third kappa shape index (κ3) is 1.93. The van der Waals surface area contributed by atoms with Crippen LogP contribution in [0.3, 0.4) is 0 Å². The predicted octanol–water partition coefficient (Wildman–Crippen LogP) is 3.46. The normalized spacial score (nSPS) is 10.7. The number of benzene rings is 1. The molecule has 0 saturated carbocycles. The van der Waals surface area contributed by atoms with Gasteiger partial charge in [0.25, 0.3) is 0 Å². The Morgan fingerprint density at radius 2 is 1.93 bits per heavy atom. The van der Waals surface area contributed by atoms with E-state index in [0.717, 1.165) is 12.1 Å². The van der Waals surface area contributed by atoms with Gasteiger partial charge in [0, 0.05) is 5.92 Å². The Kier molecular flexibility index (Phi) is 3.21. The van der Waals surface area contributed by atoms with Crippen molar-refractivity contribution in [1.29, 1.82) is 0 Å². The molecule has 1 aromatic rings. The topological polar surface area (TPSA) is 17.1 Å². The van der Waals surface area contributed by atoms with Crippen molar-refractivity contribution in [3.63, 3.8) is 0 Å². The van der Waals surface area contributed by atoms with Crippen LogP contribution in [-0.2, 0) is 0 Å². The van der Waals surface area contributed by atoms with Crippen LogP contribution in [0.25, 0.3) is 0 Å². The summed E-state index contributed by atoms with van der Waals surface area (Å²) in [7, 11) is 0.